The summed E-state index contributed by atoms with van der Waals surface area (Å²) in [5.74, 6) is 0. The Morgan fingerprint density at radius 1 is 1.57 bits per heavy atom. The maximum Gasteiger partial charge on any atom is 0.160 e. The van der Waals surface area contributed by atoms with Crippen LogP contribution in [0, 0.1) is 11.3 Å². The average molecular weight is 185 g/mol. The number of hydrogen-bond acceptors (Lipinski definition) is 2. The number of benzene rings is 1. The van der Waals surface area contributed by atoms with Crippen LogP contribution in [0.25, 0.3) is 6.08 Å². The standard InChI is InChI=1S/C12H11NO/c1-2-10-4-3-5-11(6-10)7-12(8-13)9-14/h3-7,9H,2H2,1H3/b12-7+. The molecule has 70 valence electrons. The zero-order valence-corrected chi connectivity index (χ0v) is 8.03. The first-order valence-electron chi connectivity index (χ1n) is 4.46. The Morgan fingerprint density at radius 3 is 2.93 bits per heavy atom. The molecule has 0 aliphatic carbocycles. The Morgan fingerprint density at radius 2 is 2.36 bits per heavy atom. The van der Waals surface area contributed by atoms with Crippen molar-refractivity contribution in [3.63, 3.8) is 0 Å². The quantitative estimate of drug-likeness (QED) is 0.412. The SMILES string of the molecule is CCc1cccc(/C=C(\C#N)C=O)c1. The molecule has 1 aromatic rings. The second kappa shape index (κ2) is 4.98. The molecule has 1 rings (SSSR count). The van der Waals surface area contributed by atoms with Gasteiger partial charge in [0.25, 0.3) is 0 Å². The van der Waals surface area contributed by atoms with E-state index in [2.05, 4.69) is 6.92 Å². The molecule has 0 saturated carbocycles. The van der Waals surface area contributed by atoms with E-state index in [4.69, 9.17) is 5.26 Å². The minimum atomic E-state index is 0.151. The van der Waals surface area contributed by atoms with Gasteiger partial charge >= 0.3 is 0 Å². The molecule has 0 N–H and O–H groups in total. The van der Waals surface area contributed by atoms with E-state index < -0.39 is 0 Å². The summed E-state index contributed by atoms with van der Waals surface area (Å²) < 4.78 is 0. The summed E-state index contributed by atoms with van der Waals surface area (Å²) in [4.78, 5) is 10.4. The van der Waals surface area contributed by atoms with E-state index in [0.29, 0.717) is 6.29 Å². The average Bonchev–Trinajstić information content (AvgIpc) is 2.26. The third-order valence-electron chi connectivity index (χ3n) is 1.94. The van der Waals surface area contributed by atoms with Crippen molar-refractivity contribution in [3.05, 3.63) is 41.0 Å². The third kappa shape index (κ3) is 2.56. The van der Waals surface area contributed by atoms with Crippen molar-refractivity contribution in [1.29, 1.82) is 5.26 Å². The number of carbonyl (C=O) groups is 1. The summed E-state index contributed by atoms with van der Waals surface area (Å²) in [6.45, 7) is 2.06. The monoisotopic (exact) mass is 185 g/mol. The molecule has 0 aliphatic rings. The summed E-state index contributed by atoms with van der Waals surface area (Å²) in [7, 11) is 0. The number of nitrogens with zero attached hydrogens (tertiary/aromatic N) is 1. The molecular weight excluding hydrogens is 174 g/mol. The Labute approximate surface area is 83.5 Å². The lowest BCUT2D eigenvalue weighted by Crippen LogP contribution is -1.83. The fraction of sp³-hybridized carbons (Fsp3) is 0.167. The van der Waals surface area contributed by atoms with Gasteiger partial charge in [-0.05, 0) is 23.6 Å². The van der Waals surface area contributed by atoms with Crippen LogP contribution in [-0.2, 0) is 11.2 Å². The fourth-order valence-electron chi connectivity index (χ4n) is 1.18. The number of aryl methyl sites for hydroxylation is 1. The second-order valence-electron chi connectivity index (χ2n) is 2.93. The van der Waals surface area contributed by atoms with Crippen LogP contribution in [0.15, 0.2) is 29.8 Å². The molecule has 0 amide bonds. The van der Waals surface area contributed by atoms with Crippen molar-refractivity contribution in [2.24, 2.45) is 0 Å². The van der Waals surface area contributed by atoms with Crippen LogP contribution in [0.5, 0.6) is 0 Å². The van der Waals surface area contributed by atoms with Crippen molar-refractivity contribution in [2.45, 2.75) is 13.3 Å². The van der Waals surface area contributed by atoms with E-state index in [1.807, 2.05) is 30.3 Å². The zero-order chi connectivity index (χ0) is 10.4. The van der Waals surface area contributed by atoms with Crippen molar-refractivity contribution in [3.8, 4) is 6.07 Å². The number of hydrogen-bond donors (Lipinski definition) is 0. The lowest BCUT2D eigenvalue weighted by atomic mass is 10.1. The van der Waals surface area contributed by atoms with Crippen molar-refractivity contribution < 1.29 is 4.79 Å². The maximum absolute atomic E-state index is 10.4. The summed E-state index contributed by atoms with van der Waals surface area (Å²) in [6, 6.07) is 9.62. The van der Waals surface area contributed by atoms with E-state index in [1.54, 1.807) is 6.08 Å². The van der Waals surface area contributed by atoms with Gasteiger partial charge in [-0.15, -0.1) is 0 Å². The first-order chi connectivity index (χ1) is 6.80. The predicted octanol–water partition coefficient (Wildman–Crippen LogP) is 2.35. The van der Waals surface area contributed by atoms with Crippen LogP contribution in [0.2, 0.25) is 0 Å². The lowest BCUT2D eigenvalue weighted by Gasteiger charge is -1.97. The first-order valence-corrected chi connectivity index (χ1v) is 4.46. The van der Waals surface area contributed by atoms with E-state index in [9.17, 15) is 4.79 Å². The zero-order valence-electron chi connectivity index (χ0n) is 8.03. The largest absolute Gasteiger partial charge is 0.297 e. The molecule has 0 fully saturated rings. The second-order valence-corrected chi connectivity index (χ2v) is 2.93. The van der Waals surface area contributed by atoms with Gasteiger partial charge in [0.1, 0.15) is 6.07 Å². The minimum Gasteiger partial charge on any atom is -0.297 e. The van der Waals surface area contributed by atoms with Crippen LogP contribution in [0.4, 0.5) is 0 Å². The third-order valence-corrected chi connectivity index (χ3v) is 1.94. The van der Waals surface area contributed by atoms with Gasteiger partial charge < -0.3 is 0 Å². The molecule has 0 aromatic heterocycles. The van der Waals surface area contributed by atoms with Crippen LogP contribution in [-0.4, -0.2) is 6.29 Å². The molecule has 0 bridgehead atoms. The minimum absolute atomic E-state index is 0.151. The van der Waals surface area contributed by atoms with E-state index in [1.165, 1.54) is 5.56 Å². The first kappa shape index (κ1) is 10.2. The molecule has 0 heterocycles. The highest BCUT2D eigenvalue weighted by atomic mass is 16.1. The number of aldehydes is 1. The lowest BCUT2D eigenvalue weighted by molar-refractivity contribution is -0.104. The van der Waals surface area contributed by atoms with Gasteiger partial charge in [-0.2, -0.15) is 5.26 Å². The Bertz CT molecular complexity index is 399. The molecule has 1 aromatic carbocycles. The van der Waals surface area contributed by atoms with Gasteiger partial charge in [-0.3, -0.25) is 4.79 Å². The molecule has 2 heteroatoms. The Hall–Kier alpha value is -1.88. The van der Waals surface area contributed by atoms with Crippen LogP contribution in [0.1, 0.15) is 18.1 Å². The summed E-state index contributed by atoms with van der Waals surface area (Å²) >= 11 is 0. The van der Waals surface area contributed by atoms with Crippen LogP contribution in [0.3, 0.4) is 0 Å². The molecule has 0 unspecified atom stereocenters. The van der Waals surface area contributed by atoms with Crippen LogP contribution >= 0.6 is 0 Å². The van der Waals surface area contributed by atoms with Gasteiger partial charge in [0.2, 0.25) is 0 Å². The van der Waals surface area contributed by atoms with E-state index in [-0.39, 0.29) is 5.57 Å². The van der Waals surface area contributed by atoms with Crippen molar-refractivity contribution in [2.75, 3.05) is 0 Å². The molecular formula is C12H11NO. The smallest absolute Gasteiger partial charge is 0.160 e. The predicted molar refractivity (Wildman–Crippen MR) is 55.5 cm³/mol. The van der Waals surface area contributed by atoms with E-state index >= 15 is 0 Å². The number of nitriles is 1. The Balaban J connectivity index is 3.03. The van der Waals surface area contributed by atoms with E-state index in [0.717, 1.165) is 12.0 Å². The highest BCUT2D eigenvalue weighted by Gasteiger charge is 1.94. The molecule has 0 spiro atoms. The normalized spacial score (nSPS) is 10.7. The summed E-state index contributed by atoms with van der Waals surface area (Å²) in [5.41, 5.74) is 2.24. The molecule has 0 radical (unpaired) electrons. The fourth-order valence-corrected chi connectivity index (χ4v) is 1.18. The molecule has 0 atom stereocenters. The van der Waals surface area contributed by atoms with Gasteiger partial charge in [-0.25, -0.2) is 0 Å². The van der Waals surface area contributed by atoms with Crippen molar-refractivity contribution in [1.82, 2.24) is 0 Å². The van der Waals surface area contributed by atoms with Crippen LogP contribution < -0.4 is 0 Å². The number of rotatable bonds is 3. The Kier molecular flexibility index (Phi) is 3.63. The number of carbonyl (C=O) groups excluding carboxylic acids is 1. The highest BCUT2D eigenvalue weighted by molar-refractivity contribution is 5.86. The topological polar surface area (TPSA) is 40.9 Å². The molecule has 14 heavy (non-hydrogen) atoms. The summed E-state index contributed by atoms with van der Waals surface area (Å²) in [6.07, 6.45) is 3.11. The molecule has 0 aliphatic heterocycles. The van der Waals surface area contributed by atoms with Gasteiger partial charge in [-0.1, -0.05) is 31.2 Å². The van der Waals surface area contributed by atoms with Gasteiger partial charge in [0, 0.05) is 0 Å². The molecule has 0 saturated heterocycles. The van der Waals surface area contributed by atoms with Gasteiger partial charge in [0.05, 0.1) is 5.57 Å². The maximum atomic E-state index is 10.4. The summed E-state index contributed by atoms with van der Waals surface area (Å²) in [5, 5.41) is 8.56. The van der Waals surface area contributed by atoms with Gasteiger partial charge in [0.15, 0.2) is 6.29 Å². The highest BCUT2D eigenvalue weighted by Crippen LogP contribution is 2.09. The number of allylic oxidation sites excluding steroid dienone is 1. The van der Waals surface area contributed by atoms with Crippen molar-refractivity contribution >= 4 is 12.4 Å². The molecule has 2 nitrogen and oxygen atoms in total.